The minimum atomic E-state index is -4.33. The Bertz CT molecular complexity index is 266. The van der Waals surface area contributed by atoms with E-state index < -0.39 is 7.82 Å². The van der Waals surface area contributed by atoms with E-state index in [0.29, 0.717) is 11.0 Å². The van der Waals surface area contributed by atoms with Gasteiger partial charge in [0.05, 0.1) is 20.6 Å². The molecule has 0 bridgehead atoms. The first kappa shape index (κ1) is 14.6. The van der Waals surface area contributed by atoms with Crippen LogP contribution in [0.5, 0.6) is 0 Å². The number of hydrogen-bond acceptors (Lipinski definition) is 2. The number of quaternary nitrogens is 1. The highest BCUT2D eigenvalue weighted by molar-refractivity contribution is 7.46. The lowest BCUT2D eigenvalue weighted by Crippen LogP contribution is -2.42. The molecule has 0 heterocycles. The maximum atomic E-state index is 10.4. The molecule has 0 spiro atoms. The predicted molar refractivity (Wildman–Crippen MR) is 57.9 cm³/mol. The van der Waals surface area contributed by atoms with Crippen molar-refractivity contribution in [1.82, 2.24) is 0 Å². The van der Waals surface area contributed by atoms with E-state index in [4.69, 9.17) is 16.2 Å². The summed E-state index contributed by atoms with van der Waals surface area (Å²) in [6.07, 6.45) is 6.76. The third-order valence-corrected chi connectivity index (χ3v) is 2.56. The standard InChI is InChI=1S/C9H18NO4P/c1-4-5-6-7-10(2,3)8-9-14-15(11,12)13/h1H,5-9H2,2-3H3,(H-,11,12,13)/p+1. The number of rotatable bonds is 7. The molecule has 5 nitrogen and oxygen atoms in total. The number of hydrogen-bond donors (Lipinski definition) is 2. The number of terminal acetylenes is 1. The van der Waals surface area contributed by atoms with Crippen molar-refractivity contribution in [3.8, 4) is 12.3 Å². The van der Waals surface area contributed by atoms with Crippen molar-refractivity contribution in [2.75, 3.05) is 33.8 Å². The number of phosphoric acid groups is 1. The largest absolute Gasteiger partial charge is 0.469 e. The SMILES string of the molecule is C#CCCC[N+](C)(C)CCOP(=O)(O)O. The summed E-state index contributed by atoms with van der Waals surface area (Å²) in [6.45, 7) is 1.47. The van der Waals surface area contributed by atoms with E-state index in [1.54, 1.807) is 0 Å². The molecule has 0 radical (unpaired) electrons. The summed E-state index contributed by atoms with van der Waals surface area (Å²) in [6, 6.07) is 0. The molecular weight excluding hydrogens is 217 g/mol. The summed E-state index contributed by atoms with van der Waals surface area (Å²) in [5.74, 6) is 2.55. The molecule has 0 aliphatic rings. The molecule has 88 valence electrons. The number of phosphoric ester groups is 1. The summed E-state index contributed by atoms with van der Waals surface area (Å²) >= 11 is 0. The molecule has 0 saturated heterocycles. The van der Waals surface area contributed by atoms with Gasteiger partial charge in [0, 0.05) is 12.8 Å². The fourth-order valence-corrected chi connectivity index (χ4v) is 1.45. The number of likely N-dealkylation sites (N-methyl/N-ethyl adjacent to an activating group) is 1. The van der Waals surface area contributed by atoms with Gasteiger partial charge in [0.1, 0.15) is 13.2 Å². The average Bonchev–Trinajstić information content (AvgIpc) is 2.01. The van der Waals surface area contributed by atoms with Gasteiger partial charge in [0.15, 0.2) is 0 Å². The summed E-state index contributed by atoms with van der Waals surface area (Å²) in [5.41, 5.74) is 0. The molecule has 15 heavy (non-hydrogen) atoms. The first-order chi connectivity index (χ1) is 6.77. The zero-order valence-electron chi connectivity index (χ0n) is 9.22. The summed E-state index contributed by atoms with van der Waals surface area (Å²) in [7, 11) is -0.382. The monoisotopic (exact) mass is 236 g/mol. The van der Waals surface area contributed by atoms with Gasteiger partial charge >= 0.3 is 7.82 Å². The van der Waals surface area contributed by atoms with Crippen molar-refractivity contribution >= 4 is 7.82 Å². The summed E-state index contributed by atoms with van der Waals surface area (Å²) in [5, 5.41) is 0. The van der Waals surface area contributed by atoms with Gasteiger partial charge in [0.2, 0.25) is 0 Å². The van der Waals surface area contributed by atoms with Gasteiger partial charge in [-0.25, -0.2) is 4.57 Å². The van der Waals surface area contributed by atoms with Crippen LogP contribution in [0.15, 0.2) is 0 Å². The van der Waals surface area contributed by atoms with Crippen LogP contribution in [-0.2, 0) is 9.09 Å². The van der Waals surface area contributed by atoms with Crippen LogP contribution in [-0.4, -0.2) is 48.1 Å². The van der Waals surface area contributed by atoms with Crippen LogP contribution in [0.4, 0.5) is 0 Å². The topological polar surface area (TPSA) is 66.8 Å². The first-order valence-corrected chi connectivity index (χ1v) is 6.25. The van der Waals surface area contributed by atoms with Crippen molar-refractivity contribution < 1.29 is 23.4 Å². The lowest BCUT2D eigenvalue weighted by molar-refractivity contribution is -0.890. The first-order valence-electron chi connectivity index (χ1n) is 4.72. The van der Waals surface area contributed by atoms with Crippen LogP contribution in [0.2, 0.25) is 0 Å². The molecule has 0 fully saturated rings. The Balaban J connectivity index is 3.74. The Morgan fingerprint density at radius 1 is 1.40 bits per heavy atom. The number of unbranched alkanes of at least 4 members (excludes halogenated alkanes) is 1. The lowest BCUT2D eigenvalue weighted by Gasteiger charge is -2.29. The Hall–Kier alpha value is -0.370. The van der Waals surface area contributed by atoms with E-state index in [9.17, 15) is 4.57 Å². The van der Waals surface area contributed by atoms with Crippen LogP contribution in [0, 0.1) is 12.3 Å². The quantitative estimate of drug-likeness (QED) is 0.294. The van der Waals surface area contributed by atoms with Gasteiger partial charge in [-0.1, -0.05) is 0 Å². The van der Waals surface area contributed by atoms with Gasteiger partial charge in [0.25, 0.3) is 0 Å². The Morgan fingerprint density at radius 2 is 2.00 bits per heavy atom. The summed E-state index contributed by atoms with van der Waals surface area (Å²) < 4.78 is 15.4. The fourth-order valence-electron chi connectivity index (χ4n) is 1.13. The normalized spacial score (nSPS) is 12.5. The molecule has 6 heteroatoms. The molecule has 0 aromatic carbocycles. The van der Waals surface area contributed by atoms with Gasteiger partial charge in [-0.15, -0.1) is 12.3 Å². The van der Waals surface area contributed by atoms with E-state index >= 15 is 0 Å². The Morgan fingerprint density at radius 3 is 2.47 bits per heavy atom. The van der Waals surface area contributed by atoms with Crippen molar-refractivity contribution in [2.45, 2.75) is 12.8 Å². The smallest absolute Gasteiger partial charge is 0.327 e. The van der Waals surface area contributed by atoms with Crippen LogP contribution < -0.4 is 0 Å². The third kappa shape index (κ3) is 9.92. The van der Waals surface area contributed by atoms with Crippen molar-refractivity contribution in [2.24, 2.45) is 0 Å². The van der Waals surface area contributed by atoms with Crippen LogP contribution in [0.25, 0.3) is 0 Å². The highest BCUT2D eigenvalue weighted by Crippen LogP contribution is 2.35. The molecule has 0 rings (SSSR count). The van der Waals surface area contributed by atoms with Crippen LogP contribution in [0.3, 0.4) is 0 Å². The molecule has 0 atom stereocenters. The highest BCUT2D eigenvalue weighted by Gasteiger charge is 2.18. The Labute approximate surface area is 90.9 Å². The molecule has 0 aliphatic heterocycles. The van der Waals surface area contributed by atoms with Crippen molar-refractivity contribution in [3.05, 3.63) is 0 Å². The predicted octanol–water partition coefficient (Wildman–Crippen LogP) is 0.585. The molecule has 0 aromatic heterocycles. The molecule has 0 aliphatic carbocycles. The minimum absolute atomic E-state index is 0.0489. The average molecular weight is 236 g/mol. The minimum Gasteiger partial charge on any atom is -0.327 e. The van der Waals surface area contributed by atoms with Gasteiger partial charge in [-0.05, 0) is 0 Å². The van der Waals surface area contributed by atoms with Crippen molar-refractivity contribution in [3.63, 3.8) is 0 Å². The van der Waals surface area contributed by atoms with Gasteiger partial charge < -0.3 is 14.3 Å². The molecule has 0 amide bonds. The van der Waals surface area contributed by atoms with E-state index in [1.165, 1.54) is 0 Å². The van der Waals surface area contributed by atoms with Gasteiger partial charge in [-0.3, -0.25) is 4.52 Å². The zero-order valence-corrected chi connectivity index (χ0v) is 10.1. The molecule has 2 N–H and O–H groups in total. The summed E-state index contributed by atoms with van der Waals surface area (Å²) in [4.78, 5) is 17.0. The molecule has 0 aromatic rings. The molecular formula is C9H19NO4P+. The fraction of sp³-hybridized carbons (Fsp3) is 0.778. The third-order valence-electron chi connectivity index (χ3n) is 2.04. The maximum absolute atomic E-state index is 10.4. The second kappa shape index (κ2) is 6.26. The molecule has 0 saturated carbocycles. The van der Waals surface area contributed by atoms with E-state index in [-0.39, 0.29) is 6.61 Å². The van der Waals surface area contributed by atoms with E-state index in [2.05, 4.69) is 10.4 Å². The lowest BCUT2D eigenvalue weighted by atomic mass is 10.3. The van der Waals surface area contributed by atoms with E-state index in [0.717, 1.165) is 19.4 Å². The van der Waals surface area contributed by atoms with Crippen LogP contribution >= 0.6 is 7.82 Å². The second-order valence-corrected chi connectivity index (χ2v) is 5.25. The number of nitrogens with zero attached hydrogens (tertiary/aromatic N) is 1. The molecule has 0 unspecified atom stereocenters. The second-order valence-electron chi connectivity index (χ2n) is 4.01. The van der Waals surface area contributed by atoms with Gasteiger partial charge in [-0.2, -0.15) is 0 Å². The maximum Gasteiger partial charge on any atom is 0.469 e. The van der Waals surface area contributed by atoms with Crippen molar-refractivity contribution in [1.29, 1.82) is 0 Å². The zero-order chi connectivity index (χ0) is 11.9. The highest BCUT2D eigenvalue weighted by atomic mass is 31.2. The Kier molecular flexibility index (Phi) is 6.11. The van der Waals surface area contributed by atoms with Crippen LogP contribution in [0.1, 0.15) is 12.8 Å². The van der Waals surface area contributed by atoms with E-state index in [1.807, 2.05) is 14.1 Å².